The fourth-order valence-electron chi connectivity index (χ4n) is 3.66. The third-order valence-electron chi connectivity index (χ3n) is 5.81. The van der Waals surface area contributed by atoms with Crippen molar-refractivity contribution in [2.75, 3.05) is 13.2 Å². The number of ether oxygens (including phenoxy) is 4. The van der Waals surface area contributed by atoms with Crippen LogP contribution in [0.15, 0.2) is 4.76 Å². The van der Waals surface area contributed by atoms with Crippen molar-refractivity contribution < 1.29 is 42.9 Å². The van der Waals surface area contributed by atoms with Crippen LogP contribution in [0.3, 0.4) is 0 Å². The first-order valence-corrected chi connectivity index (χ1v) is 15.6. The molecule has 0 aliphatic heterocycles. The Hall–Kier alpha value is -2.70. The molecule has 2 unspecified atom stereocenters. The van der Waals surface area contributed by atoms with Gasteiger partial charge in [-0.05, 0) is 26.7 Å². The van der Waals surface area contributed by atoms with E-state index in [0.29, 0.717) is 12.8 Å². The molecule has 0 fully saturated rings. The average Bonchev–Trinajstić information content (AvgIpc) is 3.33. The van der Waals surface area contributed by atoms with Gasteiger partial charge in [0.25, 0.3) is 0 Å². The molecule has 14 nitrogen and oxygen atoms in total. The molecule has 0 saturated carbocycles. The van der Waals surface area contributed by atoms with Gasteiger partial charge in [0, 0.05) is 0 Å². The van der Waals surface area contributed by atoms with Crippen molar-refractivity contribution in [1.82, 2.24) is 14.8 Å². The quantitative estimate of drug-likeness (QED) is 0.0585. The Morgan fingerprint density at radius 3 is 1.77 bits per heavy atom. The number of unbranched alkanes of at least 4 members (excludes halogenated alkanes) is 10. The molecule has 2 atom stereocenters. The maximum atomic E-state index is 12.2. The third-order valence-corrected chi connectivity index (χ3v) is 6.27. The summed E-state index contributed by atoms with van der Waals surface area (Å²) in [6.07, 6.45) is 8.31. The molecule has 1 aromatic heterocycles. The van der Waals surface area contributed by atoms with E-state index in [0.717, 1.165) is 56.0 Å². The lowest BCUT2D eigenvalue weighted by atomic mass is 10.1. The SMILES string of the molecule is CCCCCCCCOC(=O)OC(C)c1nc(C(C)OC(=O)OCCCCCCCC)n(C(N)=NP(=O)(O)O)n1. The molecular weight excluding hydrogens is 545 g/mol. The maximum absolute atomic E-state index is 12.2. The van der Waals surface area contributed by atoms with Gasteiger partial charge in [-0.15, -0.1) is 9.86 Å². The van der Waals surface area contributed by atoms with Gasteiger partial charge in [-0.25, -0.2) is 19.1 Å². The molecule has 40 heavy (non-hydrogen) atoms. The Morgan fingerprint density at radius 1 is 0.850 bits per heavy atom. The number of carbonyl (C=O) groups excluding carboxylic acids is 2. The predicted molar refractivity (Wildman–Crippen MR) is 148 cm³/mol. The van der Waals surface area contributed by atoms with Gasteiger partial charge in [0.15, 0.2) is 23.9 Å². The molecule has 0 saturated heterocycles. The van der Waals surface area contributed by atoms with Gasteiger partial charge < -0.3 is 34.5 Å². The summed E-state index contributed by atoms with van der Waals surface area (Å²) in [5, 5.41) is 4.07. The standard InChI is InChI=1S/C25H46N5O9P/c1-5-7-9-11-13-15-17-36-24(31)38-19(3)21-27-22(30(28-21)23(26)29-40(33,34)35)20(4)39-25(32)37-18-16-14-12-10-8-6-2/h19-20H,5-18H2,1-4H3,(H4,26,29,33,34,35). The second kappa shape index (κ2) is 19.4. The highest BCUT2D eigenvalue weighted by Gasteiger charge is 2.27. The molecule has 0 bridgehead atoms. The first-order chi connectivity index (χ1) is 19.0. The summed E-state index contributed by atoms with van der Waals surface area (Å²) in [5.74, 6) is -0.890. The van der Waals surface area contributed by atoms with Crippen LogP contribution in [0.5, 0.6) is 0 Å². The van der Waals surface area contributed by atoms with Crippen LogP contribution in [-0.2, 0) is 23.5 Å². The molecule has 230 valence electrons. The van der Waals surface area contributed by atoms with Gasteiger partial charge in [-0.3, -0.25) is 0 Å². The van der Waals surface area contributed by atoms with Gasteiger partial charge in [0.1, 0.15) is 0 Å². The minimum Gasteiger partial charge on any atom is -0.434 e. The van der Waals surface area contributed by atoms with E-state index in [4.69, 9.17) is 24.7 Å². The molecule has 0 spiro atoms. The number of nitrogens with zero attached hydrogens (tertiary/aromatic N) is 4. The molecule has 1 rings (SSSR count). The highest BCUT2D eigenvalue weighted by molar-refractivity contribution is 7.50. The molecule has 0 radical (unpaired) electrons. The van der Waals surface area contributed by atoms with E-state index in [1.165, 1.54) is 26.7 Å². The van der Waals surface area contributed by atoms with Crippen LogP contribution in [0.4, 0.5) is 9.59 Å². The van der Waals surface area contributed by atoms with Crippen LogP contribution < -0.4 is 5.73 Å². The summed E-state index contributed by atoms with van der Waals surface area (Å²) in [7, 11) is -4.92. The van der Waals surface area contributed by atoms with E-state index in [2.05, 4.69) is 28.7 Å². The molecule has 15 heteroatoms. The lowest BCUT2D eigenvalue weighted by Crippen LogP contribution is -2.27. The molecular formula is C25H46N5O9P. The van der Waals surface area contributed by atoms with Gasteiger partial charge in [-0.1, -0.05) is 78.1 Å². The Bertz CT molecular complexity index is 966. The van der Waals surface area contributed by atoms with Gasteiger partial charge in [0.2, 0.25) is 5.96 Å². The first kappa shape index (κ1) is 35.3. The monoisotopic (exact) mass is 591 g/mol. The van der Waals surface area contributed by atoms with Crippen molar-refractivity contribution in [2.24, 2.45) is 10.5 Å². The summed E-state index contributed by atoms with van der Waals surface area (Å²) < 4.78 is 36.0. The average molecular weight is 592 g/mol. The number of hydrogen-bond acceptors (Lipinski definition) is 9. The Morgan fingerprint density at radius 2 is 1.30 bits per heavy atom. The molecule has 0 aliphatic carbocycles. The van der Waals surface area contributed by atoms with Gasteiger partial charge in [-0.2, -0.15) is 4.68 Å². The van der Waals surface area contributed by atoms with Crippen molar-refractivity contribution in [3.63, 3.8) is 0 Å². The second-order valence-corrected chi connectivity index (χ2v) is 10.7. The van der Waals surface area contributed by atoms with Crippen LogP contribution >= 0.6 is 7.75 Å². The zero-order valence-electron chi connectivity index (χ0n) is 24.1. The highest BCUT2D eigenvalue weighted by atomic mass is 31.2. The lowest BCUT2D eigenvalue weighted by Gasteiger charge is -2.13. The molecule has 1 heterocycles. The molecule has 0 aliphatic rings. The normalized spacial score (nSPS) is 13.5. The minimum absolute atomic E-state index is 0.0775. The van der Waals surface area contributed by atoms with Gasteiger partial charge in [0.05, 0.1) is 13.2 Å². The summed E-state index contributed by atoms with van der Waals surface area (Å²) in [5.41, 5.74) is 5.75. The van der Waals surface area contributed by atoms with E-state index in [-0.39, 0.29) is 24.9 Å². The van der Waals surface area contributed by atoms with Crippen molar-refractivity contribution in [3.8, 4) is 0 Å². The topological polar surface area (TPSA) is 198 Å². The first-order valence-electron chi connectivity index (χ1n) is 14.0. The molecule has 0 amide bonds. The highest BCUT2D eigenvalue weighted by Crippen LogP contribution is 2.36. The van der Waals surface area contributed by atoms with Crippen molar-refractivity contribution in [1.29, 1.82) is 0 Å². The molecule has 4 N–H and O–H groups in total. The van der Waals surface area contributed by atoms with E-state index in [1.54, 1.807) is 0 Å². The Balaban J connectivity index is 2.79. The minimum atomic E-state index is -4.92. The van der Waals surface area contributed by atoms with Crippen LogP contribution in [-0.4, -0.2) is 56.0 Å². The van der Waals surface area contributed by atoms with E-state index in [1.807, 2.05) is 0 Å². The number of aromatic nitrogens is 3. The Kier molecular flexibility index (Phi) is 17.1. The van der Waals surface area contributed by atoms with Crippen LogP contribution in [0.2, 0.25) is 0 Å². The summed E-state index contributed by atoms with van der Waals surface area (Å²) in [6, 6.07) is 0. The lowest BCUT2D eigenvalue weighted by molar-refractivity contribution is 0.0240. The molecule has 1 aromatic rings. The smallest absolute Gasteiger partial charge is 0.434 e. The number of carbonyl (C=O) groups is 2. The summed E-state index contributed by atoms with van der Waals surface area (Å²) in [6.45, 7) is 7.59. The van der Waals surface area contributed by atoms with Crippen molar-refractivity contribution >= 4 is 26.0 Å². The number of nitrogens with two attached hydrogens (primary N) is 1. The zero-order valence-corrected chi connectivity index (χ0v) is 25.0. The largest absolute Gasteiger partial charge is 0.508 e. The van der Waals surface area contributed by atoms with Gasteiger partial charge >= 0.3 is 20.1 Å². The van der Waals surface area contributed by atoms with Crippen LogP contribution in [0.25, 0.3) is 0 Å². The van der Waals surface area contributed by atoms with Crippen LogP contribution in [0, 0.1) is 0 Å². The number of rotatable bonds is 19. The zero-order chi connectivity index (χ0) is 30.0. The summed E-state index contributed by atoms with van der Waals surface area (Å²) in [4.78, 5) is 46.9. The predicted octanol–water partition coefficient (Wildman–Crippen LogP) is 5.68. The fraction of sp³-hybridized carbons (Fsp3) is 0.800. The number of hydrogen-bond donors (Lipinski definition) is 3. The van der Waals surface area contributed by atoms with E-state index in [9.17, 15) is 23.9 Å². The summed E-state index contributed by atoms with van der Waals surface area (Å²) >= 11 is 0. The van der Waals surface area contributed by atoms with Crippen molar-refractivity contribution in [2.45, 2.75) is 117 Å². The maximum Gasteiger partial charge on any atom is 0.508 e. The van der Waals surface area contributed by atoms with E-state index < -0.39 is 38.2 Å². The van der Waals surface area contributed by atoms with Crippen LogP contribution in [0.1, 0.15) is 129 Å². The fourth-order valence-corrected chi connectivity index (χ4v) is 4.01. The second-order valence-electron chi connectivity index (χ2n) is 9.46. The third kappa shape index (κ3) is 15.2. The Labute approximate surface area is 236 Å². The molecule has 0 aromatic carbocycles. The van der Waals surface area contributed by atoms with E-state index >= 15 is 0 Å². The van der Waals surface area contributed by atoms with Crippen molar-refractivity contribution in [3.05, 3.63) is 11.6 Å².